The van der Waals surface area contributed by atoms with Crippen molar-refractivity contribution in [3.05, 3.63) is 42.2 Å². The molecule has 0 aliphatic rings. The molecule has 0 saturated carbocycles. The molecule has 6 nitrogen and oxygen atoms in total. The third kappa shape index (κ3) is 3.36. The first-order valence-electron chi connectivity index (χ1n) is 6.30. The molecule has 4 N–H and O–H groups in total. The van der Waals surface area contributed by atoms with Crippen LogP contribution in [-0.4, -0.2) is 34.8 Å². The average Bonchev–Trinajstić information content (AvgIpc) is 2.49. The van der Waals surface area contributed by atoms with Gasteiger partial charge >= 0.3 is 0 Å². The molecule has 0 spiro atoms. The second-order valence-electron chi connectivity index (χ2n) is 4.36. The van der Waals surface area contributed by atoms with Crippen LogP contribution in [0.2, 0.25) is 0 Å². The molecule has 0 saturated heterocycles. The highest BCUT2D eigenvalue weighted by Crippen LogP contribution is 2.24. The number of nitrogens with two attached hydrogens (primary N) is 1. The number of hydrogen-bond donors (Lipinski definition) is 3. The van der Waals surface area contributed by atoms with E-state index in [-0.39, 0.29) is 12.6 Å². The molecule has 1 atom stereocenters. The number of nitrogen functional groups attached to an aromatic ring is 1. The number of anilines is 2. The van der Waals surface area contributed by atoms with E-state index in [1.165, 1.54) is 13.4 Å². The number of nitrogens with one attached hydrogen (secondary N) is 1. The lowest BCUT2D eigenvalue weighted by Gasteiger charge is -2.18. The lowest BCUT2D eigenvalue weighted by atomic mass is 10.1. The minimum absolute atomic E-state index is 0.0271. The molecule has 0 aliphatic carbocycles. The minimum atomic E-state index is -0.181. The zero-order valence-corrected chi connectivity index (χ0v) is 11.3. The van der Waals surface area contributed by atoms with Gasteiger partial charge in [-0.1, -0.05) is 30.3 Å². The molecular formula is C14H18N4O2. The first kappa shape index (κ1) is 14.1. The molecule has 0 radical (unpaired) electrons. The number of aliphatic hydroxyl groups is 1. The fourth-order valence-corrected chi connectivity index (χ4v) is 1.91. The lowest BCUT2D eigenvalue weighted by Crippen LogP contribution is -2.27. The van der Waals surface area contributed by atoms with E-state index < -0.39 is 0 Å². The second kappa shape index (κ2) is 6.72. The Morgan fingerprint density at radius 1 is 1.30 bits per heavy atom. The summed E-state index contributed by atoms with van der Waals surface area (Å²) in [5.41, 5.74) is 7.35. The Hall–Kier alpha value is -2.34. The summed E-state index contributed by atoms with van der Waals surface area (Å²) in [5.74, 6) is 0.783. The van der Waals surface area contributed by atoms with Crippen LogP contribution in [0.25, 0.3) is 0 Å². The normalized spacial score (nSPS) is 11.9. The largest absolute Gasteiger partial charge is 0.479 e. The van der Waals surface area contributed by atoms with Gasteiger partial charge < -0.3 is 20.9 Å². The molecule has 1 aromatic carbocycles. The number of aromatic nitrogens is 2. The molecule has 0 fully saturated rings. The molecule has 20 heavy (non-hydrogen) atoms. The van der Waals surface area contributed by atoms with Gasteiger partial charge in [0.1, 0.15) is 12.0 Å². The van der Waals surface area contributed by atoms with Gasteiger partial charge in [-0.25, -0.2) is 4.98 Å². The van der Waals surface area contributed by atoms with Gasteiger partial charge in [0.15, 0.2) is 5.82 Å². The van der Waals surface area contributed by atoms with Crippen molar-refractivity contribution in [2.24, 2.45) is 0 Å². The Kier molecular flexibility index (Phi) is 4.73. The van der Waals surface area contributed by atoms with Gasteiger partial charge in [-0.3, -0.25) is 0 Å². The summed E-state index contributed by atoms with van der Waals surface area (Å²) in [5, 5.41) is 12.6. The molecule has 2 aromatic rings. The topological polar surface area (TPSA) is 93.3 Å². The number of benzene rings is 1. The van der Waals surface area contributed by atoms with Crippen LogP contribution in [0.3, 0.4) is 0 Å². The zero-order chi connectivity index (χ0) is 14.4. The number of hydrogen-bond acceptors (Lipinski definition) is 6. The smallest absolute Gasteiger partial charge is 0.242 e. The Balaban J connectivity index is 2.10. The monoisotopic (exact) mass is 274 g/mol. The van der Waals surface area contributed by atoms with Gasteiger partial charge in [0.2, 0.25) is 5.88 Å². The van der Waals surface area contributed by atoms with Crippen LogP contribution < -0.4 is 15.8 Å². The average molecular weight is 274 g/mol. The quantitative estimate of drug-likeness (QED) is 0.730. The third-order valence-electron chi connectivity index (χ3n) is 2.93. The highest BCUT2D eigenvalue weighted by molar-refractivity contribution is 5.66. The van der Waals surface area contributed by atoms with E-state index in [0.29, 0.717) is 23.8 Å². The van der Waals surface area contributed by atoms with E-state index in [2.05, 4.69) is 15.3 Å². The van der Waals surface area contributed by atoms with E-state index in [1.807, 2.05) is 30.3 Å². The molecule has 1 aromatic heterocycles. The van der Waals surface area contributed by atoms with Crippen molar-refractivity contribution >= 4 is 11.5 Å². The minimum Gasteiger partial charge on any atom is -0.479 e. The van der Waals surface area contributed by atoms with Crippen LogP contribution in [0.5, 0.6) is 5.88 Å². The van der Waals surface area contributed by atoms with E-state index in [1.54, 1.807) is 0 Å². The SMILES string of the molecule is COc1ncnc(NC(CO)Cc2ccccc2)c1N. The number of nitrogens with zero attached hydrogens (tertiary/aromatic N) is 2. The van der Waals surface area contributed by atoms with Crippen LogP contribution in [-0.2, 0) is 6.42 Å². The van der Waals surface area contributed by atoms with Gasteiger partial charge in [-0.05, 0) is 12.0 Å². The predicted molar refractivity (Wildman–Crippen MR) is 77.6 cm³/mol. The van der Waals surface area contributed by atoms with Crippen molar-refractivity contribution < 1.29 is 9.84 Å². The van der Waals surface area contributed by atoms with Crippen molar-refractivity contribution in [3.8, 4) is 5.88 Å². The van der Waals surface area contributed by atoms with Crippen molar-refractivity contribution in [2.45, 2.75) is 12.5 Å². The van der Waals surface area contributed by atoms with Gasteiger partial charge in [0.25, 0.3) is 0 Å². The van der Waals surface area contributed by atoms with Crippen LogP contribution in [0.1, 0.15) is 5.56 Å². The predicted octanol–water partition coefficient (Wildman–Crippen LogP) is 1.08. The molecule has 2 rings (SSSR count). The van der Waals surface area contributed by atoms with Gasteiger partial charge in [-0.2, -0.15) is 4.98 Å². The second-order valence-corrected chi connectivity index (χ2v) is 4.36. The van der Waals surface area contributed by atoms with Crippen molar-refractivity contribution in [3.63, 3.8) is 0 Å². The number of aliphatic hydroxyl groups excluding tert-OH is 1. The fourth-order valence-electron chi connectivity index (χ4n) is 1.91. The summed E-state index contributed by atoms with van der Waals surface area (Å²) in [6.45, 7) is -0.0271. The van der Waals surface area contributed by atoms with Crippen LogP contribution in [0, 0.1) is 0 Å². The first-order chi connectivity index (χ1) is 9.74. The first-order valence-corrected chi connectivity index (χ1v) is 6.30. The number of rotatable bonds is 6. The Labute approximate surface area is 117 Å². The summed E-state index contributed by atoms with van der Waals surface area (Å²) < 4.78 is 5.04. The van der Waals surface area contributed by atoms with Gasteiger partial charge in [0.05, 0.1) is 19.8 Å². The van der Waals surface area contributed by atoms with Gasteiger partial charge in [0, 0.05) is 0 Å². The standard InChI is InChI=1S/C14H18N4O2/c1-20-14-12(15)13(16-9-17-14)18-11(8-19)7-10-5-3-2-4-6-10/h2-6,9,11,19H,7-8,15H2,1H3,(H,16,17,18). The molecule has 6 heteroatoms. The van der Waals surface area contributed by atoms with Crippen molar-refractivity contribution in [1.29, 1.82) is 0 Å². The summed E-state index contributed by atoms with van der Waals surface area (Å²) >= 11 is 0. The molecule has 1 heterocycles. The van der Waals surface area contributed by atoms with E-state index in [9.17, 15) is 5.11 Å². The number of methoxy groups -OCH3 is 1. The highest BCUT2D eigenvalue weighted by Gasteiger charge is 2.13. The maximum atomic E-state index is 9.49. The molecule has 0 bridgehead atoms. The van der Waals surface area contributed by atoms with E-state index in [0.717, 1.165) is 5.56 Å². The molecule has 106 valence electrons. The van der Waals surface area contributed by atoms with Crippen LogP contribution >= 0.6 is 0 Å². The lowest BCUT2D eigenvalue weighted by molar-refractivity contribution is 0.273. The third-order valence-corrected chi connectivity index (χ3v) is 2.93. The van der Waals surface area contributed by atoms with E-state index in [4.69, 9.17) is 10.5 Å². The zero-order valence-electron chi connectivity index (χ0n) is 11.3. The number of ether oxygens (including phenoxy) is 1. The molecule has 1 unspecified atom stereocenters. The Bertz CT molecular complexity index is 548. The summed E-state index contributed by atoms with van der Waals surface area (Å²) in [6, 6.07) is 9.72. The molecular weight excluding hydrogens is 256 g/mol. The molecule has 0 amide bonds. The fraction of sp³-hybridized carbons (Fsp3) is 0.286. The van der Waals surface area contributed by atoms with Crippen molar-refractivity contribution in [2.75, 3.05) is 24.8 Å². The van der Waals surface area contributed by atoms with Gasteiger partial charge in [-0.15, -0.1) is 0 Å². The maximum Gasteiger partial charge on any atom is 0.242 e. The molecule has 0 aliphatic heterocycles. The Morgan fingerprint density at radius 2 is 2.05 bits per heavy atom. The van der Waals surface area contributed by atoms with E-state index >= 15 is 0 Å². The summed E-state index contributed by atoms with van der Waals surface area (Å²) in [4.78, 5) is 7.99. The van der Waals surface area contributed by atoms with Crippen LogP contribution in [0.15, 0.2) is 36.7 Å². The summed E-state index contributed by atoms with van der Waals surface area (Å²) in [6.07, 6.45) is 2.04. The van der Waals surface area contributed by atoms with Crippen LogP contribution in [0.4, 0.5) is 11.5 Å². The summed E-state index contributed by atoms with van der Waals surface area (Å²) in [7, 11) is 1.50. The van der Waals surface area contributed by atoms with Crippen molar-refractivity contribution in [1.82, 2.24) is 9.97 Å². The highest BCUT2D eigenvalue weighted by atomic mass is 16.5. The Morgan fingerprint density at radius 3 is 2.70 bits per heavy atom. The maximum absolute atomic E-state index is 9.49.